The van der Waals surface area contributed by atoms with E-state index in [0.717, 1.165) is 24.8 Å². The van der Waals surface area contributed by atoms with Crippen LogP contribution in [-0.4, -0.2) is 27.5 Å². The van der Waals surface area contributed by atoms with Crippen molar-refractivity contribution in [3.8, 4) is 0 Å². The molecule has 2 N–H and O–H groups in total. The van der Waals surface area contributed by atoms with Crippen molar-refractivity contribution in [3.63, 3.8) is 0 Å². The lowest BCUT2D eigenvalue weighted by molar-refractivity contribution is 0.430. The summed E-state index contributed by atoms with van der Waals surface area (Å²) < 4.78 is 24.6. The molecule has 0 saturated carbocycles. The summed E-state index contributed by atoms with van der Waals surface area (Å²) in [4.78, 5) is 0. The molecule has 0 aromatic heterocycles. The van der Waals surface area contributed by atoms with Crippen molar-refractivity contribution >= 4 is 10.0 Å². The van der Waals surface area contributed by atoms with Gasteiger partial charge in [-0.2, -0.15) is 0 Å². The summed E-state index contributed by atoms with van der Waals surface area (Å²) in [5, 5.41) is 4.07. The molecule has 4 nitrogen and oxygen atoms in total. The van der Waals surface area contributed by atoms with E-state index in [2.05, 4.69) is 16.6 Å². The second-order valence-electron chi connectivity index (χ2n) is 2.87. The molecule has 1 aliphatic rings. The molecule has 0 bridgehead atoms. The smallest absolute Gasteiger partial charge is 0.233 e. The molecule has 1 aliphatic heterocycles. The maximum Gasteiger partial charge on any atom is 0.233 e. The summed E-state index contributed by atoms with van der Waals surface area (Å²) in [5.74, 6) is 0. The first-order valence-electron chi connectivity index (χ1n) is 3.99. The maximum absolute atomic E-state index is 11.0. The Morgan fingerprint density at radius 1 is 1.58 bits per heavy atom. The molecule has 0 radical (unpaired) electrons. The summed E-state index contributed by atoms with van der Waals surface area (Å²) >= 11 is 0. The number of hydrogen-bond donors (Lipinski definition) is 2. The van der Waals surface area contributed by atoms with Crippen molar-refractivity contribution in [2.45, 2.75) is 18.9 Å². The highest BCUT2D eigenvalue weighted by atomic mass is 32.2. The van der Waals surface area contributed by atoms with Crippen molar-refractivity contribution in [2.24, 2.45) is 0 Å². The van der Waals surface area contributed by atoms with Crippen LogP contribution < -0.4 is 10.0 Å². The van der Waals surface area contributed by atoms with E-state index in [1.54, 1.807) is 0 Å². The van der Waals surface area contributed by atoms with Crippen molar-refractivity contribution in [2.75, 3.05) is 13.1 Å². The van der Waals surface area contributed by atoms with Crippen LogP contribution in [0.15, 0.2) is 12.0 Å². The molecule has 0 aliphatic carbocycles. The van der Waals surface area contributed by atoms with Crippen LogP contribution in [0.3, 0.4) is 0 Å². The van der Waals surface area contributed by atoms with Crippen LogP contribution in [0.25, 0.3) is 0 Å². The van der Waals surface area contributed by atoms with Crippen LogP contribution in [0.4, 0.5) is 0 Å². The molecule has 5 heteroatoms. The predicted octanol–water partition coefficient (Wildman–Crippen LogP) is -0.199. The van der Waals surface area contributed by atoms with Gasteiger partial charge in [0.15, 0.2) is 0 Å². The van der Waals surface area contributed by atoms with E-state index in [1.165, 1.54) is 0 Å². The lowest BCUT2D eigenvalue weighted by Crippen LogP contribution is -2.44. The van der Waals surface area contributed by atoms with Crippen molar-refractivity contribution < 1.29 is 8.42 Å². The van der Waals surface area contributed by atoms with E-state index < -0.39 is 10.0 Å². The Labute approximate surface area is 73.1 Å². The highest BCUT2D eigenvalue weighted by Crippen LogP contribution is 2.02. The second kappa shape index (κ2) is 4.02. The Kier molecular flexibility index (Phi) is 3.25. The third-order valence-corrected chi connectivity index (χ3v) is 2.95. The Bertz CT molecular complexity index is 242. The van der Waals surface area contributed by atoms with Crippen LogP contribution in [0.5, 0.6) is 0 Å². The largest absolute Gasteiger partial charge is 0.315 e. The van der Waals surface area contributed by atoms with Gasteiger partial charge in [0.05, 0.1) is 0 Å². The van der Waals surface area contributed by atoms with Crippen LogP contribution in [0.2, 0.25) is 0 Å². The van der Waals surface area contributed by atoms with Crippen molar-refractivity contribution in [1.29, 1.82) is 0 Å². The van der Waals surface area contributed by atoms with Crippen LogP contribution in [0.1, 0.15) is 12.8 Å². The van der Waals surface area contributed by atoms with Gasteiger partial charge in [-0.15, -0.1) is 0 Å². The molecule has 1 saturated heterocycles. The number of nitrogens with one attached hydrogen (secondary N) is 2. The zero-order valence-corrected chi connectivity index (χ0v) is 7.73. The summed E-state index contributed by atoms with van der Waals surface area (Å²) in [6.07, 6.45) is 1.92. The van der Waals surface area contributed by atoms with Gasteiger partial charge in [0, 0.05) is 18.0 Å². The molecule has 1 atom stereocenters. The first-order valence-corrected chi connectivity index (χ1v) is 5.54. The van der Waals surface area contributed by atoms with Gasteiger partial charge >= 0.3 is 0 Å². The number of piperidine rings is 1. The van der Waals surface area contributed by atoms with E-state index >= 15 is 0 Å². The van der Waals surface area contributed by atoms with Gasteiger partial charge in [-0.25, -0.2) is 13.1 Å². The summed E-state index contributed by atoms with van der Waals surface area (Å²) in [5.41, 5.74) is 0. The summed E-state index contributed by atoms with van der Waals surface area (Å²) in [7, 11) is -3.25. The van der Waals surface area contributed by atoms with Gasteiger partial charge in [-0.3, -0.25) is 0 Å². The van der Waals surface area contributed by atoms with E-state index in [-0.39, 0.29) is 6.04 Å². The van der Waals surface area contributed by atoms with E-state index in [0.29, 0.717) is 6.54 Å². The SMILES string of the molecule is C=CS(=O)(=O)N[C@@H]1CCCNC1. The third-order valence-electron chi connectivity index (χ3n) is 1.85. The fourth-order valence-corrected chi connectivity index (χ4v) is 1.99. The molecular weight excluding hydrogens is 176 g/mol. The zero-order chi connectivity index (χ0) is 9.03. The van der Waals surface area contributed by atoms with Gasteiger partial charge in [0.25, 0.3) is 0 Å². The summed E-state index contributed by atoms with van der Waals surface area (Å²) in [6, 6.07) is 0.0294. The standard InChI is InChI=1S/C7H14N2O2S/c1-2-12(10,11)9-7-4-3-5-8-6-7/h2,7-9H,1,3-6H2/t7-/m1/s1. The van der Waals surface area contributed by atoms with E-state index in [9.17, 15) is 8.42 Å². The molecule has 0 amide bonds. The third kappa shape index (κ3) is 2.92. The number of sulfonamides is 1. The first-order chi connectivity index (χ1) is 5.64. The molecule has 70 valence electrons. The Hall–Kier alpha value is -0.390. The van der Waals surface area contributed by atoms with Crippen LogP contribution >= 0.6 is 0 Å². The lowest BCUT2D eigenvalue weighted by Gasteiger charge is -2.22. The molecule has 12 heavy (non-hydrogen) atoms. The van der Waals surface area contributed by atoms with Gasteiger partial charge < -0.3 is 5.32 Å². The van der Waals surface area contributed by atoms with Crippen molar-refractivity contribution in [3.05, 3.63) is 12.0 Å². The quantitative estimate of drug-likeness (QED) is 0.648. The molecule has 1 heterocycles. The maximum atomic E-state index is 11.0. The first kappa shape index (κ1) is 9.70. The normalized spacial score (nSPS) is 25.2. The monoisotopic (exact) mass is 190 g/mol. The van der Waals surface area contributed by atoms with Gasteiger partial charge in [-0.1, -0.05) is 6.58 Å². The Morgan fingerprint density at radius 3 is 2.83 bits per heavy atom. The molecule has 1 rings (SSSR count). The molecule has 0 aromatic carbocycles. The fraction of sp³-hybridized carbons (Fsp3) is 0.714. The highest BCUT2D eigenvalue weighted by Gasteiger charge is 2.16. The number of rotatable bonds is 3. The molecule has 0 unspecified atom stereocenters. The topological polar surface area (TPSA) is 58.2 Å². The van der Waals surface area contributed by atoms with Crippen molar-refractivity contribution in [1.82, 2.24) is 10.0 Å². The highest BCUT2D eigenvalue weighted by molar-refractivity contribution is 7.92. The predicted molar refractivity (Wildman–Crippen MR) is 48.1 cm³/mol. The van der Waals surface area contributed by atoms with Gasteiger partial charge in [0.2, 0.25) is 10.0 Å². The molecule has 0 aromatic rings. The van der Waals surface area contributed by atoms with Crippen LogP contribution in [0, 0.1) is 0 Å². The van der Waals surface area contributed by atoms with E-state index in [1.807, 2.05) is 0 Å². The molecular formula is C7H14N2O2S. The van der Waals surface area contributed by atoms with Crippen LogP contribution in [-0.2, 0) is 10.0 Å². The number of hydrogen-bond acceptors (Lipinski definition) is 3. The minimum atomic E-state index is -3.25. The van der Waals surface area contributed by atoms with E-state index in [4.69, 9.17) is 0 Å². The Morgan fingerprint density at radius 2 is 2.33 bits per heavy atom. The average Bonchev–Trinajstić information content (AvgIpc) is 2.06. The fourth-order valence-electron chi connectivity index (χ4n) is 1.23. The van der Waals surface area contributed by atoms with Gasteiger partial charge in [0.1, 0.15) is 0 Å². The lowest BCUT2D eigenvalue weighted by atomic mass is 10.1. The summed E-state index contributed by atoms with van der Waals surface area (Å²) in [6.45, 7) is 4.92. The zero-order valence-electron chi connectivity index (χ0n) is 6.91. The minimum absolute atomic E-state index is 0.0294. The average molecular weight is 190 g/mol. The molecule has 1 fully saturated rings. The second-order valence-corrected chi connectivity index (χ2v) is 4.53. The molecule has 0 spiro atoms. The minimum Gasteiger partial charge on any atom is -0.315 e. The Balaban J connectivity index is 2.44. The van der Waals surface area contributed by atoms with Gasteiger partial charge in [-0.05, 0) is 19.4 Å².